The molecule has 0 N–H and O–H groups in total. The molecule has 3 rings (SSSR count). The molecule has 0 radical (unpaired) electrons. The molecule has 0 unspecified atom stereocenters. The second-order valence-electron chi connectivity index (χ2n) is 4.22. The van der Waals surface area contributed by atoms with E-state index in [1.54, 1.807) is 6.20 Å². The van der Waals surface area contributed by atoms with E-state index in [-0.39, 0.29) is 0 Å². The third-order valence-corrected chi connectivity index (χ3v) is 3.74. The van der Waals surface area contributed by atoms with Crippen molar-refractivity contribution in [3.8, 4) is 5.82 Å². The highest BCUT2D eigenvalue weighted by Gasteiger charge is 2.10. The highest BCUT2D eigenvalue weighted by Crippen LogP contribution is 2.29. The van der Waals surface area contributed by atoms with Crippen LogP contribution in [0, 0.1) is 0 Å². The van der Waals surface area contributed by atoms with Gasteiger partial charge in [0.2, 0.25) is 0 Å². The molecular weight excluding hydrogens is 326 g/mol. The molecule has 0 aliphatic heterocycles. The fourth-order valence-corrected chi connectivity index (χ4v) is 2.86. The van der Waals surface area contributed by atoms with E-state index in [4.69, 9.17) is 11.6 Å². The Bertz CT molecular complexity index is 752. The van der Waals surface area contributed by atoms with E-state index < -0.39 is 0 Å². The lowest BCUT2D eigenvalue weighted by atomic mass is 10.2. The maximum Gasteiger partial charge on any atom is 0.154 e. The first kappa shape index (κ1) is 12.6. The number of aryl methyl sites for hydroxylation is 1. The summed E-state index contributed by atoms with van der Waals surface area (Å²) in [5.41, 5.74) is 1.99. The topological polar surface area (TPSA) is 30.7 Å². The first-order valence-electron chi connectivity index (χ1n) is 5.98. The van der Waals surface area contributed by atoms with E-state index in [1.165, 1.54) is 0 Å². The lowest BCUT2D eigenvalue weighted by Crippen LogP contribution is -2.01. The van der Waals surface area contributed by atoms with Crippen molar-refractivity contribution in [1.29, 1.82) is 0 Å². The van der Waals surface area contributed by atoms with Gasteiger partial charge in [0, 0.05) is 15.6 Å². The van der Waals surface area contributed by atoms with Crippen molar-refractivity contribution in [3.05, 3.63) is 51.7 Å². The fourth-order valence-electron chi connectivity index (χ4n) is 2.02. The van der Waals surface area contributed by atoms with Gasteiger partial charge < -0.3 is 0 Å². The first-order chi connectivity index (χ1) is 9.19. The van der Waals surface area contributed by atoms with Gasteiger partial charge in [-0.3, -0.25) is 0 Å². The van der Waals surface area contributed by atoms with Crippen LogP contribution in [0.2, 0.25) is 5.02 Å². The molecule has 0 bridgehead atoms. The SMILES string of the molecule is CCc1cccc(-n2ncc3c(Cl)cc(Br)cc32)n1. The highest BCUT2D eigenvalue weighted by atomic mass is 79.9. The van der Waals surface area contributed by atoms with Crippen LogP contribution < -0.4 is 0 Å². The zero-order valence-electron chi connectivity index (χ0n) is 10.3. The van der Waals surface area contributed by atoms with E-state index in [0.717, 1.165) is 33.3 Å². The van der Waals surface area contributed by atoms with Crippen molar-refractivity contribution in [1.82, 2.24) is 14.8 Å². The minimum Gasteiger partial charge on any atom is -0.234 e. The van der Waals surface area contributed by atoms with Gasteiger partial charge in [0.05, 0.1) is 16.7 Å². The van der Waals surface area contributed by atoms with E-state index in [9.17, 15) is 0 Å². The van der Waals surface area contributed by atoms with Gasteiger partial charge in [-0.2, -0.15) is 5.10 Å². The third kappa shape index (κ3) is 2.26. The number of hydrogen-bond acceptors (Lipinski definition) is 2. The molecule has 0 saturated heterocycles. The Morgan fingerprint density at radius 3 is 2.95 bits per heavy atom. The summed E-state index contributed by atoms with van der Waals surface area (Å²) in [4.78, 5) is 4.59. The van der Waals surface area contributed by atoms with E-state index >= 15 is 0 Å². The summed E-state index contributed by atoms with van der Waals surface area (Å²) in [5, 5.41) is 6.00. The Morgan fingerprint density at radius 1 is 1.32 bits per heavy atom. The number of halogens is 2. The average molecular weight is 337 g/mol. The van der Waals surface area contributed by atoms with Gasteiger partial charge in [-0.05, 0) is 30.7 Å². The Balaban J connectivity index is 2.25. The normalized spacial score (nSPS) is 11.1. The molecule has 2 aromatic heterocycles. The van der Waals surface area contributed by atoms with Crippen molar-refractivity contribution in [3.63, 3.8) is 0 Å². The van der Waals surface area contributed by atoms with Gasteiger partial charge in [0.1, 0.15) is 0 Å². The standard InChI is InChI=1S/C14H11BrClN3/c1-2-10-4-3-5-14(18-10)19-13-7-9(15)6-12(16)11(13)8-17-19/h3-8H,2H2,1H3. The lowest BCUT2D eigenvalue weighted by Gasteiger charge is -2.05. The number of aromatic nitrogens is 3. The molecule has 5 heteroatoms. The molecule has 0 amide bonds. The van der Waals surface area contributed by atoms with E-state index in [0.29, 0.717) is 5.02 Å². The third-order valence-electron chi connectivity index (χ3n) is 2.97. The van der Waals surface area contributed by atoms with Gasteiger partial charge in [0.15, 0.2) is 5.82 Å². The fraction of sp³-hybridized carbons (Fsp3) is 0.143. The van der Waals surface area contributed by atoms with Gasteiger partial charge in [-0.25, -0.2) is 9.67 Å². The Labute approximate surface area is 124 Å². The molecule has 0 fully saturated rings. The van der Waals surface area contributed by atoms with Crippen molar-refractivity contribution in [2.75, 3.05) is 0 Å². The number of nitrogens with zero attached hydrogens (tertiary/aromatic N) is 3. The second-order valence-corrected chi connectivity index (χ2v) is 5.54. The van der Waals surface area contributed by atoms with Gasteiger partial charge >= 0.3 is 0 Å². The highest BCUT2D eigenvalue weighted by molar-refractivity contribution is 9.10. The number of rotatable bonds is 2. The van der Waals surface area contributed by atoms with Crippen LogP contribution in [0.4, 0.5) is 0 Å². The van der Waals surface area contributed by atoms with Gasteiger partial charge in [-0.1, -0.05) is 40.5 Å². The van der Waals surface area contributed by atoms with Gasteiger partial charge in [-0.15, -0.1) is 0 Å². The summed E-state index contributed by atoms with van der Waals surface area (Å²) < 4.78 is 2.74. The maximum atomic E-state index is 6.22. The van der Waals surface area contributed by atoms with E-state index in [1.807, 2.05) is 35.0 Å². The van der Waals surface area contributed by atoms with Crippen LogP contribution in [-0.4, -0.2) is 14.8 Å². The maximum absolute atomic E-state index is 6.22. The molecule has 0 atom stereocenters. The molecule has 0 aliphatic rings. The lowest BCUT2D eigenvalue weighted by molar-refractivity contribution is 0.857. The van der Waals surface area contributed by atoms with Crippen molar-refractivity contribution >= 4 is 38.4 Å². The summed E-state index contributed by atoms with van der Waals surface area (Å²) in [6, 6.07) is 9.81. The summed E-state index contributed by atoms with van der Waals surface area (Å²) >= 11 is 9.67. The van der Waals surface area contributed by atoms with Crippen LogP contribution in [0.1, 0.15) is 12.6 Å². The zero-order valence-corrected chi connectivity index (χ0v) is 12.6. The molecule has 2 heterocycles. The number of hydrogen-bond donors (Lipinski definition) is 0. The molecule has 0 saturated carbocycles. The first-order valence-corrected chi connectivity index (χ1v) is 7.15. The minimum atomic E-state index is 0.683. The summed E-state index contributed by atoms with van der Waals surface area (Å²) in [5.74, 6) is 0.809. The molecule has 0 spiro atoms. The molecule has 3 nitrogen and oxygen atoms in total. The number of benzene rings is 1. The number of pyridine rings is 1. The van der Waals surface area contributed by atoms with Crippen LogP contribution in [0.15, 0.2) is 41.0 Å². The van der Waals surface area contributed by atoms with E-state index in [2.05, 4.69) is 32.9 Å². The summed E-state index contributed by atoms with van der Waals surface area (Å²) in [7, 11) is 0. The van der Waals surface area contributed by atoms with Crippen LogP contribution >= 0.6 is 27.5 Å². The smallest absolute Gasteiger partial charge is 0.154 e. The molecule has 96 valence electrons. The van der Waals surface area contributed by atoms with Crippen LogP contribution in [0.3, 0.4) is 0 Å². The molecule has 3 aromatic rings. The molecule has 1 aromatic carbocycles. The quantitative estimate of drug-likeness (QED) is 0.694. The Kier molecular flexibility index (Phi) is 3.29. The van der Waals surface area contributed by atoms with Gasteiger partial charge in [0.25, 0.3) is 0 Å². The summed E-state index contributed by atoms with van der Waals surface area (Å²) in [6.45, 7) is 2.08. The van der Waals surface area contributed by atoms with Crippen molar-refractivity contribution in [2.24, 2.45) is 0 Å². The molecule has 0 aliphatic carbocycles. The molecular formula is C14H11BrClN3. The molecule has 19 heavy (non-hydrogen) atoms. The average Bonchev–Trinajstić information content (AvgIpc) is 2.82. The minimum absolute atomic E-state index is 0.683. The summed E-state index contributed by atoms with van der Waals surface area (Å²) in [6.07, 6.45) is 2.67. The second kappa shape index (κ2) is 4.94. The number of fused-ring (bicyclic) bond motifs is 1. The predicted octanol–water partition coefficient (Wildman–Crippen LogP) is 4.40. The Morgan fingerprint density at radius 2 is 2.16 bits per heavy atom. The zero-order chi connectivity index (χ0) is 13.4. The predicted molar refractivity (Wildman–Crippen MR) is 81.0 cm³/mol. The Hall–Kier alpha value is -1.39. The van der Waals surface area contributed by atoms with Crippen LogP contribution in [0.5, 0.6) is 0 Å². The van der Waals surface area contributed by atoms with Crippen molar-refractivity contribution in [2.45, 2.75) is 13.3 Å². The largest absolute Gasteiger partial charge is 0.234 e. The monoisotopic (exact) mass is 335 g/mol. The van der Waals surface area contributed by atoms with Crippen LogP contribution in [0.25, 0.3) is 16.7 Å². The van der Waals surface area contributed by atoms with Crippen LogP contribution in [-0.2, 0) is 6.42 Å². The van der Waals surface area contributed by atoms with Crippen molar-refractivity contribution < 1.29 is 0 Å².